The van der Waals surface area contributed by atoms with Crippen LogP contribution in [0, 0.1) is 3.57 Å². The van der Waals surface area contributed by atoms with Crippen LogP contribution in [0.25, 0.3) is 6.08 Å². The van der Waals surface area contributed by atoms with Gasteiger partial charge in [-0.3, -0.25) is 14.7 Å². The molecule has 4 nitrogen and oxygen atoms in total. The normalized spacial score (nSPS) is 17.6. The van der Waals surface area contributed by atoms with Gasteiger partial charge in [-0.2, -0.15) is 0 Å². The molecule has 6 heteroatoms. The lowest BCUT2D eigenvalue weighted by Crippen LogP contribution is -2.23. The Hall–Kier alpha value is -1.80. The van der Waals surface area contributed by atoms with Crippen molar-refractivity contribution in [1.82, 2.24) is 4.90 Å². The van der Waals surface area contributed by atoms with E-state index in [4.69, 9.17) is 4.74 Å². The molecular weight excluding hydrogens is 447 g/mol. The van der Waals surface area contributed by atoms with Crippen LogP contribution < -0.4 is 4.74 Å². The van der Waals surface area contributed by atoms with Crippen molar-refractivity contribution in [3.05, 3.63) is 68.1 Å². The summed E-state index contributed by atoms with van der Waals surface area (Å²) in [5.74, 6) is 0.713. The first-order valence-electron chi connectivity index (χ1n) is 7.69. The molecule has 0 aliphatic carbocycles. The van der Waals surface area contributed by atoms with Crippen LogP contribution in [0.5, 0.6) is 5.75 Å². The van der Waals surface area contributed by atoms with Gasteiger partial charge in [-0.05, 0) is 64.2 Å². The number of aliphatic imine (C=N–C) groups is 1. The Morgan fingerprint density at radius 2 is 1.92 bits per heavy atom. The lowest BCUT2D eigenvalue weighted by atomic mass is 10.2. The van der Waals surface area contributed by atoms with Gasteiger partial charge in [0.25, 0.3) is 5.91 Å². The lowest BCUT2D eigenvalue weighted by Gasteiger charge is -2.10. The number of carbonyl (C=O) groups excluding carboxylic acids is 1. The first-order valence-corrected chi connectivity index (χ1v) is 9.58. The Labute approximate surface area is 165 Å². The molecule has 2 aromatic rings. The molecule has 0 bridgehead atoms. The van der Waals surface area contributed by atoms with Crippen molar-refractivity contribution in [3.63, 3.8) is 0 Å². The fourth-order valence-electron chi connectivity index (χ4n) is 2.36. The van der Waals surface area contributed by atoms with Gasteiger partial charge in [-0.25, -0.2) is 0 Å². The zero-order valence-corrected chi connectivity index (χ0v) is 16.9. The zero-order chi connectivity index (χ0) is 17.8. The van der Waals surface area contributed by atoms with Gasteiger partial charge in [-0.15, -0.1) is 0 Å². The fourth-order valence-corrected chi connectivity index (χ4v) is 3.64. The average molecular weight is 464 g/mol. The number of para-hydroxylation sites is 1. The van der Waals surface area contributed by atoms with E-state index in [2.05, 4.69) is 51.8 Å². The number of nitrogens with zero attached hydrogens (tertiary/aromatic N) is 2. The smallest absolute Gasteiger partial charge is 0.266 e. The number of halogens is 1. The lowest BCUT2D eigenvalue weighted by molar-refractivity contribution is -0.121. The minimum Gasteiger partial charge on any atom is -0.488 e. The van der Waals surface area contributed by atoms with Gasteiger partial charge in [0.1, 0.15) is 12.4 Å². The molecule has 0 radical (unpaired) electrons. The monoisotopic (exact) mass is 464 g/mol. The summed E-state index contributed by atoms with van der Waals surface area (Å²) in [6.07, 6.45) is 1.87. The van der Waals surface area contributed by atoms with Crippen LogP contribution in [-0.4, -0.2) is 30.1 Å². The maximum Gasteiger partial charge on any atom is 0.266 e. The SMILES string of the molecule is CN=C1S/C(=C/c2ccccc2OCc2ccc(I)cc2)C(=O)N1C. The second-order valence-corrected chi connectivity index (χ2v) is 7.69. The van der Waals surface area contributed by atoms with Crippen LogP contribution in [0.15, 0.2) is 58.4 Å². The van der Waals surface area contributed by atoms with Crippen molar-refractivity contribution in [2.75, 3.05) is 14.1 Å². The molecule has 3 rings (SSSR count). The molecule has 1 amide bonds. The fraction of sp³-hybridized carbons (Fsp3) is 0.158. The van der Waals surface area contributed by atoms with E-state index in [0.29, 0.717) is 16.7 Å². The van der Waals surface area contributed by atoms with Crippen LogP contribution in [-0.2, 0) is 11.4 Å². The van der Waals surface area contributed by atoms with Gasteiger partial charge in [-0.1, -0.05) is 30.3 Å². The molecule has 0 atom stereocenters. The number of carbonyl (C=O) groups is 1. The van der Waals surface area contributed by atoms with E-state index in [9.17, 15) is 4.79 Å². The number of ether oxygens (including phenoxy) is 1. The zero-order valence-electron chi connectivity index (χ0n) is 13.9. The Balaban J connectivity index is 1.80. The van der Waals surface area contributed by atoms with Gasteiger partial charge in [0, 0.05) is 23.2 Å². The maximum atomic E-state index is 12.3. The highest BCUT2D eigenvalue weighted by molar-refractivity contribution is 14.1. The molecule has 25 heavy (non-hydrogen) atoms. The molecule has 1 saturated heterocycles. The Morgan fingerprint density at radius 3 is 2.60 bits per heavy atom. The number of rotatable bonds is 4. The highest BCUT2D eigenvalue weighted by Crippen LogP contribution is 2.33. The third-order valence-corrected chi connectivity index (χ3v) is 5.58. The summed E-state index contributed by atoms with van der Waals surface area (Å²) < 4.78 is 7.17. The molecule has 2 aromatic carbocycles. The summed E-state index contributed by atoms with van der Waals surface area (Å²) in [6, 6.07) is 16.0. The standard InChI is InChI=1S/C19H17IN2O2S/c1-21-19-22(2)18(23)17(25-19)11-14-5-3-4-6-16(14)24-12-13-7-9-15(20)10-8-13/h3-11H,12H2,1-2H3/b17-11+,21-19?. The molecule has 0 unspecified atom stereocenters. The molecule has 0 spiro atoms. The van der Waals surface area contributed by atoms with E-state index in [1.54, 1.807) is 19.0 Å². The molecule has 1 aliphatic heterocycles. The van der Waals surface area contributed by atoms with E-state index in [-0.39, 0.29) is 5.91 Å². The summed E-state index contributed by atoms with van der Waals surface area (Å²) in [5.41, 5.74) is 1.99. The van der Waals surface area contributed by atoms with Crippen LogP contribution in [0.3, 0.4) is 0 Å². The molecule has 0 saturated carbocycles. The van der Waals surface area contributed by atoms with E-state index in [1.165, 1.54) is 15.3 Å². The summed E-state index contributed by atoms with van der Waals surface area (Å²) in [5, 5.41) is 0.702. The van der Waals surface area contributed by atoms with Crippen molar-refractivity contribution in [2.24, 2.45) is 4.99 Å². The average Bonchev–Trinajstić information content (AvgIpc) is 2.90. The van der Waals surface area contributed by atoms with Gasteiger partial charge in [0.15, 0.2) is 5.17 Å². The topological polar surface area (TPSA) is 41.9 Å². The van der Waals surface area contributed by atoms with Crippen molar-refractivity contribution >= 4 is 51.5 Å². The van der Waals surface area contributed by atoms with E-state index >= 15 is 0 Å². The largest absolute Gasteiger partial charge is 0.488 e. The highest BCUT2D eigenvalue weighted by Gasteiger charge is 2.29. The first-order chi connectivity index (χ1) is 12.1. The molecule has 128 valence electrons. The summed E-state index contributed by atoms with van der Waals surface area (Å²) in [7, 11) is 3.42. The third kappa shape index (κ3) is 4.24. The summed E-state index contributed by atoms with van der Waals surface area (Å²) in [6.45, 7) is 0.486. The second-order valence-electron chi connectivity index (χ2n) is 5.43. The molecule has 0 N–H and O–H groups in total. The van der Waals surface area contributed by atoms with Gasteiger partial charge in [0.2, 0.25) is 0 Å². The molecule has 0 aromatic heterocycles. The Bertz CT molecular complexity index is 847. The number of hydrogen-bond donors (Lipinski definition) is 0. The number of hydrogen-bond acceptors (Lipinski definition) is 4. The number of likely N-dealkylation sites (N-methyl/N-ethyl adjacent to an activating group) is 1. The number of amides is 1. The summed E-state index contributed by atoms with van der Waals surface area (Å²) in [4.78, 5) is 18.7. The number of amidine groups is 1. The van der Waals surface area contributed by atoms with Gasteiger partial charge < -0.3 is 4.74 Å². The molecule has 1 heterocycles. The predicted molar refractivity (Wildman–Crippen MR) is 112 cm³/mol. The Kier molecular flexibility index (Phi) is 5.80. The van der Waals surface area contributed by atoms with Crippen molar-refractivity contribution in [1.29, 1.82) is 0 Å². The van der Waals surface area contributed by atoms with Crippen molar-refractivity contribution in [3.8, 4) is 5.75 Å². The minimum atomic E-state index is -0.0435. The molecule has 1 fully saturated rings. The highest BCUT2D eigenvalue weighted by atomic mass is 127. The molecular formula is C19H17IN2O2S. The number of benzene rings is 2. The summed E-state index contributed by atoms with van der Waals surface area (Å²) >= 11 is 3.66. The maximum absolute atomic E-state index is 12.3. The minimum absolute atomic E-state index is 0.0435. The van der Waals surface area contributed by atoms with E-state index < -0.39 is 0 Å². The second kappa shape index (κ2) is 8.05. The van der Waals surface area contributed by atoms with Gasteiger partial charge >= 0.3 is 0 Å². The predicted octanol–water partition coefficient (Wildman–Crippen LogP) is 4.40. The van der Waals surface area contributed by atoms with Crippen LogP contribution >= 0.6 is 34.4 Å². The van der Waals surface area contributed by atoms with E-state index in [1.807, 2.05) is 30.3 Å². The van der Waals surface area contributed by atoms with Crippen LogP contribution in [0.4, 0.5) is 0 Å². The molecule has 1 aliphatic rings. The van der Waals surface area contributed by atoms with Gasteiger partial charge in [0.05, 0.1) is 4.91 Å². The third-order valence-electron chi connectivity index (χ3n) is 3.71. The first kappa shape index (κ1) is 18.0. The van der Waals surface area contributed by atoms with E-state index in [0.717, 1.165) is 16.9 Å². The quantitative estimate of drug-likeness (QED) is 0.498. The van der Waals surface area contributed by atoms with Crippen molar-refractivity contribution < 1.29 is 9.53 Å². The van der Waals surface area contributed by atoms with Crippen LogP contribution in [0.2, 0.25) is 0 Å². The number of thioether (sulfide) groups is 1. The Morgan fingerprint density at radius 1 is 1.20 bits per heavy atom. The van der Waals surface area contributed by atoms with Crippen LogP contribution in [0.1, 0.15) is 11.1 Å². The van der Waals surface area contributed by atoms with Crippen molar-refractivity contribution in [2.45, 2.75) is 6.61 Å².